The standard InChI is InChI=1S/C28H39N5O.C27H37N5O.2CH4/c1-4-5-15-28(2,19-34)33-26-25-24(31-27(29-3)32-26)17-23(18-30-25)22-13-11-21(12-14-22)16-20-9-7-6-8-10-20;1-3-4-14-27(2,18-33)32-25-24-23(30-26(28)31-25)16-22(17-29-24)21-12-10-20(11-13-21)15-19-8-6-5-7-9-19;;/h11-14,17-18,20,34H,4-10,15-16,19H2,1-3H3,(H2,29,31,32,33);10-13,16-17,19,33H,3-9,14-15,18H2,1-2H3,(H3,28,30,31,32);2*1H4. The van der Waals surface area contributed by atoms with Gasteiger partial charge in [-0.2, -0.15) is 9.97 Å². The molecule has 0 bridgehead atoms. The Kier molecular flexibility index (Phi) is 20.5. The van der Waals surface area contributed by atoms with Crippen LogP contribution in [0.2, 0.25) is 0 Å². The van der Waals surface area contributed by atoms with Crippen LogP contribution in [0.25, 0.3) is 44.3 Å². The Balaban J connectivity index is 0.000000250. The highest BCUT2D eigenvalue weighted by Crippen LogP contribution is 2.33. The second-order valence-corrected chi connectivity index (χ2v) is 20.0. The van der Waals surface area contributed by atoms with E-state index in [1.807, 2.05) is 39.4 Å². The zero-order valence-corrected chi connectivity index (χ0v) is 40.9. The van der Waals surface area contributed by atoms with Gasteiger partial charge in [-0.05, 0) is 85.8 Å². The first-order chi connectivity index (χ1) is 32.5. The lowest BCUT2D eigenvalue weighted by Crippen LogP contribution is -2.39. The monoisotopic (exact) mass is 941 g/mol. The van der Waals surface area contributed by atoms with Gasteiger partial charge >= 0.3 is 0 Å². The van der Waals surface area contributed by atoms with Gasteiger partial charge in [-0.1, -0.05) is 167 Å². The lowest BCUT2D eigenvalue weighted by Gasteiger charge is -2.29. The smallest absolute Gasteiger partial charge is 0.225 e. The Morgan fingerprint density at radius 2 is 1.00 bits per heavy atom. The van der Waals surface area contributed by atoms with Crippen molar-refractivity contribution in [1.82, 2.24) is 29.9 Å². The van der Waals surface area contributed by atoms with Gasteiger partial charge in [0.05, 0.1) is 35.3 Å². The van der Waals surface area contributed by atoms with Crippen LogP contribution in [-0.2, 0) is 12.8 Å². The molecule has 0 radical (unpaired) electrons. The van der Waals surface area contributed by atoms with Crippen molar-refractivity contribution in [2.45, 2.75) is 169 Å². The average molecular weight is 941 g/mol. The minimum Gasteiger partial charge on any atom is -0.394 e. The Morgan fingerprint density at radius 1 is 0.580 bits per heavy atom. The van der Waals surface area contributed by atoms with Gasteiger partial charge in [-0.25, -0.2) is 9.97 Å². The van der Waals surface area contributed by atoms with Gasteiger partial charge < -0.3 is 31.9 Å². The number of fused-ring (bicyclic) bond motifs is 2. The summed E-state index contributed by atoms with van der Waals surface area (Å²) in [4.78, 5) is 27.6. The number of hydrogen-bond donors (Lipinski definition) is 6. The molecule has 0 saturated heterocycles. The summed E-state index contributed by atoms with van der Waals surface area (Å²) < 4.78 is 0. The van der Waals surface area contributed by atoms with Crippen LogP contribution in [0.5, 0.6) is 0 Å². The van der Waals surface area contributed by atoms with Gasteiger partial charge in [0.2, 0.25) is 11.9 Å². The molecule has 2 atom stereocenters. The second-order valence-electron chi connectivity index (χ2n) is 20.0. The Morgan fingerprint density at radius 3 is 1.41 bits per heavy atom. The van der Waals surface area contributed by atoms with Crippen molar-refractivity contribution in [2.24, 2.45) is 11.8 Å². The van der Waals surface area contributed by atoms with Crippen LogP contribution in [-0.4, -0.2) is 71.5 Å². The predicted octanol–water partition coefficient (Wildman–Crippen LogP) is 13.2. The van der Waals surface area contributed by atoms with E-state index in [1.165, 1.54) is 88.2 Å². The zero-order valence-electron chi connectivity index (χ0n) is 40.9. The fourth-order valence-corrected chi connectivity index (χ4v) is 9.84. The number of nitrogens with zero attached hydrogens (tertiary/aromatic N) is 6. The normalized spacial score (nSPS) is 16.0. The van der Waals surface area contributed by atoms with Crippen molar-refractivity contribution in [3.63, 3.8) is 0 Å². The quantitative estimate of drug-likeness (QED) is 0.0453. The van der Waals surface area contributed by atoms with E-state index in [9.17, 15) is 10.2 Å². The molecule has 0 amide bonds. The molecule has 7 N–H and O–H groups in total. The Labute approximate surface area is 413 Å². The SMILES string of the molecule is C.C.CCCCC(C)(CO)Nc1nc(N)nc2cc(-c3ccc(CC4CCCCC4)cc3)cnc12.CCCCC(C)(CO)Nc1nc(NC)nc2cc(-c3ccc(CC4CCCCC4)cc3)cnc12. The third-order valence-electron chi connectivity index (χ3n) is 14.1. The molecule has 0 spiro atoms. The fourth-order valence-electron chi connectivity index (χ4n) is 9.84. The number of aliphatic hydroxyl groups is 2. The van der Waals surface area contributed by atoms with Crippen LogP contribution >= 0.6 is 0 Å². The third-order valence-corrected chi connectivity index (χ3v) is 14.1. The topological polar surface area (TPSA) is 180 Å². The maximum atomic E-state index is 10.0. The largest absolute Gasteiger partial charge is 0.394 e. The molecule has 6 aromatic rings. The molecule has 2 saturated carbocycles. The van der Waals surface area contributed by atoms with Crippen LogP contribution in [0.15, 0.2) is 73.1 Å². The lowest BCUT2D eigenvalue weighted by molar-refractivity contribution is 0.212. The van der Waals surface area contributed by atoms with E-state index in [1.54, 1.807) is 0 Å². The number of nitrogens with one attached hydrogen (secondary N) is 3. The van der Waals surface area contributed by atoms with Crippen molar-refractivity contribution in [1.29, 1.82) is 0 Å². The van der Waals surface area contributed by atoms with Crippen molar-refractivity contribution >= 4 is 45.6 Å². The molecule has 0 aliphatic heterocycles. The van der Waals surface area contributed by atoms with E-state index in [2.05, 4.69) is 109 Å². The van der Waals surface area contributed by atoms with Crippen LogP contribution in [0.4, 0.5) is 23.5 Å². The molecule has 8 rings (SSSR count). The van der Waals surface area contributed by atoms with Crippen LogP contribution < -0.4 is 21.7 Å². The molecule has 2 aliphatic rings. The number of anilines is 4. The van der Waals surface area contributed by atoms with Gasteiger partial charge in [0, 0.05) is 30.6 Å². The van der Waals surface area contributed by atoms with Gasteiger partial charge in [0.25, 0.3) is 0 Å². The third kappa shape index (κ3) is 14.8. The van der Waals surface area contributed by atoms with Crippen molar-refractivity contribution in [3.05, 3.63) is 84.2 Å². The molecule has 4 aromatic heterocycles. The summed E-state index contributed by atoms with van der Waals surface area (Å²) >= 11 is 0. The molecule has 4 heterocycles. The lowest BCUT2D eigenvalue weighted by atomic mass is 9.85. The fraction of sp³-hybridized carbons (Fsp3) is 0.544. The number of nitrogen functional groups attached to an aromatic ring is 1. The Hall–Kier alpha value is -5.46. The number of hydrogen-bond acceptors (Lipinski definition) is 12. The number of benzene rings is 2. The van der Waals surface area contributed by atoms with Crippen molar-refractivity contribution in [3.8, 4) is 22.3 Å². The first kappa shape index (κ1) is 54.5. The zero-order chi connectivity index (χ0) is 47.2. The number of rotatable bonds is 19. The molecule has 2 aliphatic carbocycles. The number of nitrogens with two attached hydrogens (primary N) is 1. The average Bonchev–Trinajstić information content (AvgIpc) is 3.36. The number of pyridine rings is 2. The molecular formula is C57H84N10O2. The number of aliphatic hydroxyl groups excluding tert-OH is 2. The molecule has 12 heteroatoms. The van der Waals surface area contributed by atoms with E-state index in [-0.39, 0.29) is 34.0 Å². The molecule has 69 heavy (non-hydrogen) atoms. The molecular weight excluding hydrogens is 857 g/mol. The molecule has 2 unspecified atom stereocenters. The summed E-state index contributed by atoms with van der Waals surface area (Å²) in [5.41, 5.74) is 15.1. The second kappa shape index (κ2) is 25.9. The number of aromatic nitrogens is 6. The van der Waals surface area contributed by atoms with Gasteiger partial charge in [-0.15, -0.1) is 0 Å². The summed E-state index contributed by atoms with van der Waals surface area (Å²) in [6, 6.07) is 21.9. The van der Waals surface area contributed by atoms with E-state index in [0.29, 0.717) is 34.1 Å². The van der Waals surface area contributed by atoms with Gasteiger partial charge in [0.15, 0.2) is 11.6 Å². The van der Waals surface area contributed by atoms with Crippen LogP contribution in [0.1, 0.15) is 156 Å². The highest BCUT2D eigenvalue weighted by molar-refractivity contribution is 5.90. The summed E-state index contributed by atoms with van der Waals surface area (Å²) in [7, 11) is 1.82. The van der Waals surface area contributed by atoms with Gasteiger partial charge in [-0.3, -0.25) is 9.97 Å². The van der Waals surface area contributed by atoms with Gasteiger partial charge in [0.1, 0.15) is 11.0 Å². The number of unbranched alkanes of at least 4 members (excludes halogenated alkanes) is 2. The Bertz CT molecular complexity index is 2490. The van der Waals surface area contributed by atoms with E-state index < -0.39 is 11.1 Å². The summed E-state index contributed by atoms with van der Waals surface area (Å²) in [5, 5.41) is 29.9. The minimum absolute atomic E-state index is 0. The summed E-state index contributed by atoms with van der Waals surface area (Å²) in [6.45, 7) is 8.35. The predicted molar refractivity (Wildman–Crippen MR) is 291 cm³/mol. The first-order valence-electron chi connectivity index (χ1n) is 25.3. The molecule has 2 aromatic carbocycles. The first-order valence-corrected chi connectivity index (χ1v) is 25.3. The molecule has 12 nitrogen and oxygen atoms in total. The van der Waals surface area contributed by atoms with Crippen LogP contribution in [0.3, 0.4) is 0 Å². The highest BCUT2D eigenvalue weighted by atomic mass is 16.3. The summed E-state index contributed by atoms with van der Waals surface area (Å²) in [5.74, 6) is 3.62. The van der Waals surface area contributed by atoms with E-state index >= 15 is 0 Å². The maximum absolute atomic E-state index is 10.0. The summed E-state index contributed by atoms with van der Waals surface area (Å²) in [6.07, 6.45) is 25.8. The van der Waals surface area contributed by atoms with Crippen molar-refractivity contribution in [2.75, 3.05) is 41.9 Å². The van der Waals surface area contributed by atoms with E-state index in [4.69, 9.17) is 10.7 Å². The van der Waals surface area contributed by atoms with E-state index in [0.717, 1.165) is 78.1 Å². The van der Waals surface area contributed by atoms with Crippen LogP contribution in [0, 0.1) is 11.8 Å². The molecule has 2 fully saturated rings. The van der Waals surface area contributed by atoms with Crippen molar-refractivity contribution < 1.29 is 10.2 Å². The maximum Gasteiger partial charge on any atom is 0.225 e. The minimum atomic E-state index is -0.488. The molecule has 374 valence electrons. The highest BCUT2D eigenvalue weighted by Gasteiger charge is 2.27.